The molecule has 3 aromatic rings. The third-order valence-corrected chi connectivity index (χ3v) is 5.99. The molecule has 0 aliphatic carbocycles. The van der Waals surface area contributed by atoms with Crippen LogP contribution in [0.3, 0.4) is 0 Å². The number of nitrogens with zero attached hydrogens (tertiary/aromatic N) is 4. The first kappa shape index (κ1) is 26.2. The molecule has 3 N–H and O–H groups in total. The topological polar surface area (TPSA) is 152 Å². The van der Waals surface area contributed by atoms with Crippen molar-refractivity contribution in [2.75, 3.05) is 37.7 Å². The van der Waals surface area contributed by atoms with Crippen LogP contribution in [-0.2, 0) is 14.3 Å². The lowest BCUT2D eigenvalue weighted by Gasteiger charge is -2.28. The van der Waals surface area contributed by atoms with Crippen LogP contribution < -0.4 is 21.5 Å². The lowest BCUT2D eigenvalue weighted by molar-refractivity contribution is -0.200. The summed E-state index contributed by atoms with van der Waals surface area (Å²) in [5.74, 6) is -3.91. The number of esters is 1. The zero-order valence-corrected chi connectivity index (χ0v) is 19.7. The van der Waals surface area contributed by atoms with Crippen LogP contribution in [0.2, 0.25) is 5.02 Å². The summed E-state index contributed by atoms with van der Waals surface area (Å²) in [6.45, 7) is 1.13. The van der Waals surface area contributed by atoms with Gasteiger partial charge in [0.2, 0.25) is 5.95 Å². The second-order valence-corrected chi connectivity index (χ2v) is 8.42. The molecule has 4 rings (SSSR count). The number of carbonyl (C=O) groups excluding carboxylic acids is 1. The quantitative estimate of drug-likeness (QED) is 0.371. The van der Waals surface area contributed by atoms with Gasteiger partial charge in [0, 0.05) is 32.6 Å². The summed E-state index contributed by atoms with van der Waals surface area (Å²) in [6.07, 6.45) is -5.98. The summed E-state index contributed by atoms with van der Waals surface area (Å²) in [6, 6.07) is 4.68. The number of aromatic nitrogens is 4. The first-order valence-electron chi connectivity index (χ1n) is 10.9. The molecule has 198 valence electrons. The molecule has 1 atom stereocenters. The van der Waals surface area contributed by atoms with Crippen molar-refractivity contribution in [2.24, 2.45) is 0 Å². The van der Waals surface area contributed by atoms with Gasteiger partial charge in [0.05, 0.1) is 17.3 Å². The largest absolute Gasteiger partial charge is 0.490 e. The Kier molecular flexibility index (Phi) is 7.27. The second kappa shape index (κ2) is 10.3. The number of carbonyl (C=O) groups is 2. The number of ether oxygens (including phenoxy) is 1. The maximum absolute atomic E-state index is 13.0. The molecule has 37 heavy (non-hydrogen) atoms. The number of fused-ring (bicyclic) bond motifs is 1. The SMILES string of the molecule is O=C(O)C(CCOC(=O)C(F)(F)F)n1c(=O)[nH]c(=O)c2c1nc(N1CCNCC1)n2-c1ccccc1Cl. The number of anilines is 1. The Morgan fingerprint density at radius 3 is 2.49 bits per heavy atom. The minimum Gasteiger partial charge on any atom is -0.480 e. The number of halogens is 4. The Balaban J connectivity index is 1.90. The van der Waals surface area contributed by atoms with Gasteiger partial charge >= 0.3 is 23.8 Å². The smallest absolute Gasteiger partial charge is 0.480 e. The predicted molar refractivity (Wildman–Crippen MR) is 124 cm³/mol. The van der Waals surface area contributed by atoms with Gasteiger partial charge in [-0.3, -0.25) is 18.9 Å². The van der Waals surface area contributed by atoms with Crippen LogP contribution in [0.25, 0.3) is 16.9 Å². The fourth-order valence-electron chi connectivity index (χ4n) is 4.02. The molecule has 1 aliphatic heterocycles. The van der Waals surface area contributed by atoms with Gasteiger partial charge in [-0.2, -0.15) is 18.2 Å². The van der Waals surface area contributed by atoms with Crippen molar-refractivity contribution in [1.82, 2.24) is 24.4 Å². The highest BCUT2D eigenvalue weighted by Gasteiger charge is 2.41. The van der Waals surface area contributed by atoms with E-state index in [2.05, 4.69) is 20.0 Å². The molecule has 0 spiro atoms. The van der Waals surface area contributed by atoms with Crippen molar-refractivity contribution in [3.63, 3.8) is 0 Å². The zero-order chi connectivity index (χ0) is 26.9. The van der Waals surface area contributed by atoms with Crippen LogP contribution in [0, 0.1) is 0 Å². The lowest BCUT2D eigenvalue weighted by atomic mass is 10.2. The van der Waals surface area contributed by atoms with Crippen molar-refractivity contribution in [1.29, 1.82) is 0 Å². The van der Waals surface area contributed by atoms with Crippen LogP contribution >= 0.6 is 11.6 Å². The minimum atomic E-state index is -5.27. The summed E-state index contributed by atoms with van der Waals surface area (Å²) < 4.78 is 43.6. The summed E-state index contributed by atoms with van der Waals surface area (Å²) in [4.78, 5) is 57.3. The van der Waals surface area contributed by atoms with Gasteiger partial charge in [0.1, 0.15) is 6.04 Å². The third-order valence-electron chi connectivity index (χ3n) is 5.67. The molecule has 3 heterocycles. The van der Waals surface area contributed by atoms with E-state index in [4.69, 9.17) is 11.6 Å². The van der Waals surface area contributed by atoms with Crippen molar-refractivity contribution >= 4 is 40.7 Å². The molecule has 1 aliphatic rings. The summed E-state index contributed by atoms with van der Waals surface area (Å²) in [5, 5.41) is 13.2. The van der Waals surface area contributed by atoms with Gasteiger partial charge in [-0.25, -0.2) is 14.4 Å². The van der Waals surface area contributed by atoms with E-state index >= 15 is 0 Å². The van der Waals surface area contributed by atoms with E-state index in [0.717, 1.165) is 0 Å². The monoisotopic (exact) mass is 544 g/mol. The van der Waals surface area contributed by atoms with Crippen molar-refractivity contribution in [2.45, 2.75) is 18.6 Å². The maximum Gasteiger partial charge on any atom is 0.490 e. The van der Waals surface area contributed by atoms with Crippen LogP contribution in [-0.4, -0.2) is 75.1 Å². The fourth-order valence-corrected chi connectivity index (χ4v) is 4.24. The Labute approximate surface area is 210 Å². The number of hydrogen-bond donors (Lipinski definition) is 3. The number of alkyl halides is 3. The van der Waals surface area contributed by atoms with E-state index in [1.807, 2.05) is 4.90 Å². The highest BCUT2D eigenvalue weighted by Crippen LogP contribution is 2.30. The summed E-state index contributed by atoms with van der Waals surface area (Å²) in [7, 11) is 0. The average Bonchev–Trinajstić information content (AvgIpc) is 3.23. The number of piperazine rings is 1. The number of imidazole rings is 1. The number of carboxylic acids is 1. The molecule has 0 bridgehead atoms. The highest BCUT2D eigenvalue weighted by atomic mass is 35.5. The van der Waals surface area contributed by atoms with Crippen molar-refractivity contribution in [3.8, 4) is 5.69 Å². The van der Waals surface area contributed by atoms with Crippen LogP contribution in [0.1, 0.15) is 12.5 Å². The number of benzene rings is 1. The molecule has 12 nitrogen and oxygen atoms in total. The Hall–Kier alpha value is -3.85. The molecule has 0 saturated carbocycles. The first-order valence-corrected chi connectivity index (χ1v) is 11.3. The number of H-pyrrole nitrogens is 1. The van der Waals surface area contributed by atoms with Crippen molar-refractivity contribution in [3.05, 3.63) is 50.1 Å². The Morgan fingerprint density at radius 1 is 1.19 bits per heavy atom. The highest BCUT2D eigenvalue weighted by molar-refractivity contribution is 6.32. The van der Waals surface area contributed by atoms with E-state index in [1.165, 1.54) is 4.57 Å². The maximum atomic E-state index is 13.0. The first-order chi connectivity index (χ1) is 17.5. The number of nitrogens with one attached hydrogen (secondary N) is 2. The molecule has 16 heteroatoms. The van der Waals surface area contributed by atoms with E-state index in [1.54, 1.807) is 24.3 Å². The predicted octanol–water partition coefficient (Wildman–Crippen LogP) is 1.06. The molecular weight excluding hydrogens is 525 g/mol. The van der Waals surface area contributed by atoms with Crippen LogP contribution in [0.4, 0.5) is 19.1 Å². The van der Waals surface area contributed by atoms with Crippen molar-refractivity contribution < 1.29 is 32.6 Å². The van der Waals surface area contributed by atoms with Crippen LogP contribution in [0.15, 0.2) is 33.9 Å². The van der Waals surface area contributed by atoms with Gasteiger partial charge in [0.25, 0.3) is 5.56 Å². The number of para-hydroxylation sites is 1. The van der Waals surface area contributed by atoms with E-state index < -0.39 is 48.4 Å². The van der Waals surface area contributed by atoms with E-state index in [-0.39, 0.29) is 22.1 Å². The van der Waals surface area contributed by atoms with Gasteiger partial charge in [-0.1, -0.05) is 23.7 Å². The van der Waals surface area contributed by atoms with Gasteiger partial charge in [0.15, 0.2) is 11.2 Å². The molecule has 2 aromatic heterocycles. The van der Waals surface area contributed by atoms with E-state index in [9.17, 15) is 37.5 Å². The number of carboxylic acid groups (broad SMARTS) is 1. The number of rotatable bonds is 7. The molecule has 0 radical (unpaired) electrons. The normalized spacial score (nSPS) is 15.1. The molecule has 0 amide bonds. The number of hydrogen-bond acceptors (Lipinski definition) is 8. The number of aromatic amines is 1. The van der Waals surface area contributed by atoms with Gasteiger partial charge in [-0.15, -0.1) is 0 Å². The number of aliphatic carboxylic acids is 1. The average molecular weight is 545 g/mol. The Bertz CT molecular complexity index is 1460. The van der Waals surface area contributed by atoms with Crippen LogP contribution in [0.5, 0.6) is 0 Å². The molecular formula is C21H20ClF3N6O6. The third kappa shape index (κ3) is 5.17. The summed E-state index contributed by atoms with van der Waals surface area (Å²) >= 11 is 6.40. The minimum absolute atomic E-state index is 0.195. The zero-order valence-electron chi connectivity index (χ0n) is 18.9. The molecule has 1 fully saturated rings. The second-order valence-electron chi connectivity index (χ2n) is 8.01. The fraction of sp³-hybridized carbons (Fsp3) is 0.381. The Morgan fingerprint density at radius 2 is 1.86 bits per heavy atom. The van der Waals surface area contributed by atoms with E-state index in [0.29, 0.717) is 36.4 Å². The van der Waals surface area contributed by atoms with Gasteiger partial charge in [-0.05, 0) is 12.1 Å². The molecule has 1 aromatic carbocycles. The van der Waals surface area contributed by atoms with Gasteiger partial charge < -0.3 is 20.1 Å². The molecule has 1 unspecified atom stereocenters. The summed E-state index contributed by atoms with van der Waals surface area (Å²) in [5.41, 5.74) is -2.21. The standard InChI is InChI=1S/C21H20ClF3N6O6/c22-11-3-1-2-4-12(11)30-14-15(27-19(30)29-8-6-26-7-9-29)31(20(36)28-16(14)32)13(17(33)34)5-10-37-18(35)21(23,24)25/h1-4,13,26H,5-10H2,(H,33,34)(H,28,32,36). The lowest BCUT2D eigenvalue weighted by Crippen LogP contribution is -2.44. The molecule has 1 saturated heterocycles.